The first-order valence-corrected chi connectivity index (χ1v) is 8.06. The number of ether oxygens (including phenoxy) is 1. The minimum atomic E-state index is -0.358. The Balaban J connectivity index is 1.64. The second-order valence-corrected chi connectivity index (χ2v) is 5.94. The zero-order chi connectivity index (χ0) is 17.8. The van der Waals surface area contributed by atoms with Gasteiger partial charge >= 0.3 is 0 Å². The summed E-state index contributed by atoms with van der Waals surface area (Å²) in [4.78, 5) is 25.5. The van der Waals surface area contributed by atoms with Gasteiger partial charge in [-0.3, -0.25) is 9.59 Å². The number of anilines is 1. The van der Waals surface area contributed by atoms with Gasteiger partial charge in [0.1, 0.15) is 11.6 Å². The summed E-state index contributed by atoms with van der Waals surface area (Å²) in [5.41, 5.74) is 2.18. The van der Waals surface area contributed by atoms with Gasteiger partial charge < -0.3 is 15.0 Å². The molecule has 2 aromatic rings. The third-order valence-corrected chi connectivity index (χ3v) is 4.08. The molecule has 0 aromatic heterocycles. The molecule has 0 bridgehead atoms. The van der Waals surface area contributed by atoms with E-state index in [2.05, 4.69) is 5.32 Å². The van der Waals surface area contributed by atoms with Crippen molar-refractivity contribution in [3.05, 3.63) is 59.4 Å². The molecule has 1 heterocycles. The standard InChI is InChI=1S/C19H19FN2O3/c1-22-16-10-14(5-6-17(16)25-8-7-19(22)24)12-21-18(23)11-13-3-2-4-15(20)9-13/h2-6,9-10H,7-8,11-12H2,1H3,(H,21,23). The third-order valence-electron chi connectivity index (χ3n) is 4.08. The maximum Gasteiger partial charge on any atom is 0.230 e. The van der Waals surface area contributed by atoms with E-state index in [1.807, 2.05) is 12.1 Å². The van der Waals surface area contributed by atoms with Gasteiger partial charge in [-0.15, -0.1) is 0 Å². The van der Waals surface area contributed by atoms with Crippen LogP contribution in [0.2, 0.25) is 0 Å². The molecule has 0 saturated heterocycles. The Bertz CT molecular complexity index is 807. The molecule has 1 aliphatic rings. The number of nitrogens with zero attached hydrogens (tertiary/aromatic N) is 1. The summed E-state index contributed by atoms with van der Waals surface area (Å²) in [5.74, 6) is 0.0965. The van der Waals surface area contributed by atoms with Crippen LogP contribution in [0.1, 0.15) is 17.5 Å². The summed E-state index contributed by atoms with van der Waals surface area (Å²) in [6, 6.07) is 11.5. The van der Waals surface area contributed by atoms with Gasteiger partial charge in [0.15, 0.2) is 0 Å². The van der Waals surface area contributed by atoms with Crippen LogP contribution >= 0.6 is 0 Å². The smallest absolute Gasteiger partial charge is 0.230 e. The molecule has 6 heteroatoms. The molecule has 0 saturated carbocycles. The SMILES string of the molecule is CN1C(=O)CCOc2ccc(CNC(=O)Cc3cccc(F)c3)cc21. The van der Waals surface area contributed by atoms with E-state index in [0.717, 1.165) is 5.56 Å². The predicted octanol–water partition coefficient (Wildman–Crippen LogP) is 2.43. The number of carbonyl (C=O) groups is 2. The maximum atomic E-state index is 13.2. The third kappa shape index (κ3) is 4.15. The predicted molar refractivity (Wildman–Crippen MR) is 91.9 cm³/mol. The molecule has 1 aliphatic heterocycles. The molecular weight excluding hydrogens is 323 g/mol. The molecule has 25 heavy (non-hydrogen) atoms. The van der Waals surface area contributed by atoms with Crippen LogP contribution in [0.3, 0.4) is 0 Å². The Morgan fingerprint density at radius 3 is 2.88 bits per heavy atom. The number of hydrogen-bond donors (Lipinski definition) is 1. The molecule has 130 valence electrons. The van der Waals surface area contributed by atoms with E-state index in [1.165, 1.54) is 12.1 Å². The highest BCUT2D eigenvalue weighted by atomic mass is 19.1. The second-order valence-electron chi connectivity index (χ2n) is 5.94. The minimum absolute atomic E-state index is 0.00830. The van der Waals surface area contributed by atoms with Crippen LogP contribution in [-0.4, -0.2) is 25.5 Å². The largest absolute Gasteiger partial charge is 0.491 e. The second kappa shape index (κ2) is 7.34. The quantitative estimate of drug-likeness (QED) is 0.928. The van der Waals surface area contributed by atoms with Gasteiger partial charge in [-0.05, 0) is 35.4 Å². The lowest BCUT2D eigenvalue weighted by Gasteiger charge is -2.17. The first kappa shape index (κ1) is 17.0. The van der Waals surface area contributed by atoms with E-state index in [-0.39, 0.29) is 24.1 Å². The fraction of sp³-hybridized carbons (Fsp3) is 0.263. The van der Waals surface area contributed by atoms with Gasteiger partial charge in [0.25, 0.3) is 0 Å². The first-order chi connectivity index (χ1) is 12.0. The molecule has 0 fully saturated rings. The Labute approximate surface area is 145 Å². The van der Waals surface area contributed by atoms with Gasteiger partial charge in [0.2, 0.25) is 11.8 Å². The number of hydrogen-bond acceptors (Lipinski definition) is 3. The highest BCUT2D eigenvalue weighted by molar-refractivity contribution is 5.95. The van der Waals surface area contributed by atoms with Gasteiger partial charge in [0, 0.05) is 13.6 Å². The summed E-state index contributed by atoms with van der Waals surface area (Å²) in [7, 11) is 1.71. The van der Waals surface area contributed by atoms with Crippen LogP contribution in [0, 0.1) is 5.82 Å². The Hall–Kier alpha value is -2.89. The number of benzene rings is 2. The zero-order valence-corrected chi connectivity index (χ0v) is 13.9. The normalized spacial score (nSPS) is 13.7. The van der Waals surface area contributed by atoms with Gasteiger partial charge in [-0.25, -0.2) is 4.39 Å². The number of rotatable bonds is 4. The van der Waals surface area contributed by atoms with E-state index in [0.29, 0.717) is 36.6 Å². The number of fused-ring (bicyclic) bond motifs is 1. The number of amides is 2. The lowest BCUT2D eigenvalue weighted by molar-refractivity contribution is -0.120. The molecule has 0 unspecified atom stereocenters. The molecule has 0 aliphatic carbocycles. The molecule has 1 N–H and O–H groups in total. The van der Waals surface area contributed by atoms with Crippen molar-refractivity contribution in [2.45, 2.75) is 19.4 Å². The van der Waals surface area contributed by atoms with E-state index < -0.39 is 0 Å². The Morgan fingerprint density at radius 2 is 2.08 bits per heavy atom. The average Bonchev–Trinajstić information content (AvgIpc) is 2.72. The highest BCUT2D eigenvalue weighted by Crippen LogP contribution is 2.31. The lowest BCUT2D eigenvalue weighted by atomic mass is 10.1. The van der Waals surface area contributed by atoms with Crippen LogP contribution in [0.4, 0.5) is 10.1 Å². The Morgan fingerprint density at radius 1 is 1.24 bits per heavy atom. The fourth-order valence-electron chi connectivity index (χ4n) is 2.70. The first-order valence-electron chi connectivity index (χ1n) is 8.06. The van der Waals surface area contributed by atoms with E-state index in [4.69, 9.17) is 4.74 Å². The van der Waals surface area contributed by atoms with E-state index in [1.54, 1.807) is 30.1 Å². The van der Waals surface area contributed by atoms with Crippen molar-refractivity contribution in [3.63, 3.8) is 0 Å². The minimum Gasteiger partial charge on any atom is -0.491 e. The molecule has 0 radical (unpaired) electrons. The van der Waals surface area contributed by atoms with Crippen LogP contribution in [-0.2, 0) is 22.6 Å². The topological polar surface area (TPSA) is 58.6 Å². The van der Waals surface area contributed by atoms with Crippen LogP contribution < -0.4 is 15.0 Å². The van der Waals surface area contributed by atoms with Crippen molar-refractivity contribution in [1.82, 2.24) is 5.32 Å². The number of nitrogens with one attached hydrogen (secondary N) is 1. The maximum absolute atomic E-state index is 13.2. The average molecular weight is 342 g/mol. The van der Waals surface area contributed by atoms with Crippen molar-refractivity contribution in [3.8, 4) is 5.75 Å². The molecular formula is C19H19FN2O3. The van der Waals surface area contributed by atoms with E-state index in [9.17, 15) is 14.0 Å². The fourth-order valence-corrected chi connectivity index (χ4v) is 2.70. The van der Waals surface area contributed by atoms with Gasteiger partial charge in [-0.2, -0.15) is 0 Å². The lowest BCUT2D eigenvalue weighted by Crippen LogP contribution is -2.26. The Kier molecular flexibility index (Phi) is 4.97. The van der Waals surface area contributed by atoms with Crippen molar-refractivity contribution >= 4 is 17.5 Å². The van der Waals surface area contributed by atoms with Gasteiger partial charge in [0.05, 0.1) is 25.1 Å². The monoisotopic (exact) mass is 342 g/mol. The summed E-state index contributed by atoms with van der Waals surface area (Å²) in [5, 5.41) is 2.81. The van der Waals surface area contributed by atoms with Crippen molar-refractivity contribution < 1.29 is 18.7 Å². The van der Waals surface area contributed by atoms with E-state index >= 15 is 0 Å². The van der Waals surface area contributed by atoms with Crippen LogP contribution in [0.15, 0.2) is 42.5 Å². The molecule has 3 rings (SSSR count). The molecule has 2 amide bonds. The summed E-state index contributed by atoms with van der Waals surface area (Å²) in [6.45, 7) is 0.684. The molecule has 0 atom stereocenters. The highest BCUT2D eigenvalue weighted by Gasteiger charge is 2.20. The van der Waals surface area contributed by atoms with Crippen LogP contribution in [0.25, 0.3) is 0 Å². The van der Waals surface area contributed by atoms with Crippen molar-refractivity contribution in [1.29, 1.82) is 0 Å². The van der Waals surface area contributed by atoms with Crippen LogP contribution in [0.5, 0.6) is 5.75 Å². The van der Waals surface area contributed by atoms with Gasteiger partial charge in [-0.1, -0.05) is 18.2 Å². The number of carbonyl (C=O) groups excluding carboxylic acids is 2. The summed E-state index contributed by atoms with van der Waals surface area (Å²) >= 11 is 0. The van der Waals surface area contributed by atoms with Crippen molar-refractivity contribution in [2.75, 3.05) is 18.6 Å². The molecule has 2 aromatic carbocycles. The molecule has 0 spiro atoms. The summed E-state index contributed by atoms with van der Waals surface area (Å²) in [6.07, 6.45) is 0.453. The molecule has 5 nitrogen and oxygen atoms in total. The van der Waals surface area contributed by atoms with Crippen molar-refractivity contribution in [2.24, 2.45) is 0 Å². The zero-order valence-electron chi connectivity index (χ0n) is 13.9. The summed E-state index contributed by atoms with van der Waals surface area (Å²) < 4.78 is 18.7. The number of halogens is 1.